The Morgan fingerprint density at radius 3 is 2.23 bits per heavy atom. The van der Waals surface area contributed by atoms with E-state index in [0.29, 0.717) is 17.2 Å². The molecule has 48 heavy (non-hydrogen) atoms. The Hall–Kier alpha value is -4.87. The second-order valence-electron chi connectivity index (χ2n) is 11.7. The lowest BCUT2D eigenvalue weighted by molar-refractivity contribution is -0.138. The van der Waals surface area contributed by atoms with E-state index in [4.69, 9.17) is 19.3 Å². The molecule has 1 heterocycles. The van der Waals surface area contributed by atoms with Gasteiger partial charge in [0.2, 0.25) is 5.95 Å². The van der Waals surface area contributed by atoms with Gasteiger partial charge in [-0.2, -0.15) is 13.2 Å². The SMILES string of the molecule is COc1ccc(-c2cc(C(C)C)c(C)cc2OC)c(CN(Cc2cc(CF)cc(C(F)(F)F)c2)c2ncc(OCCCC(=O)O)cn2)c1. The van der Waals surface area contributed by atoms with Gasteiger partial charge in [0.05, 0.1) is 38.8 Å². The van der Waals surface area contributed by atoms with Crippen LogP contribution in [0.5, 0.6) is 17.2 Å². The number of carboxylic acids is 1. The largest absolute Gasteiger partial charge is 0.497 e. The van der Waals surface area contributed by atoms with Crippen molar-refractivity contribution in [1.29, 1.82) is 0 Å². The van der Waals surface area contributed by atoms with Gasteiger partial charge >= 0.3 is 12.1 Å². The fraction of sp³-hybridized carbons (Fsp3) is 0.361. The molecule has 0 bridgehead atoms. The van der Waals surface area contributed by atoms with E-state index in [9.17, 15) is 22.4 Å². The first-order chi connectivity index (χ1) is 22.8. The van der Waals surface area contributed by atoms with E-state index >= 15 is 0 Å². The van der Waals surface area contributed by atoms with Crippen LogP contribution in [0.25, 0.3) is 11.1 Å². The smallest absolute Gasteiger partial charge is 0.416 e. The number of aliphatic carboxylic acids is 1. The summed E-state index contributed by atoms with van der Waals surface area (Å²) < 4.78 is 72.0. The van der Waals surface area contributed by atoms with Crippen molar-refractivity contribution in [3.63, 3.8) is 0 Å². The molecule has 0 saturated carbocycles. The molecule has 0 aliphatic heterocycles. The third-order valence-electron chi connectivity index (χ3n) is 7.78. The molecule has 0 radical (unpaired) electrons. The quantitative estimate of drug-likeness (QED) is 0.0995. The van der Waals surface area contributed by atoms with Crippen molar-refractivity contribution >= 4 is 11.9 Å². The lowest BCUT2D eigenvalue weighted by Crippen LogP contribution is -2.25. The summed E-state index contributed by atoms with van der Waals surface area (Å²) >= 11 is 0. The predicted octanol–water partition coefficient (Wildman–Crippen LogP) is 8.53. The zero-order valence-corrected chi connectivity index (χ0v) is 27.5. The van der Waals surface area contributed by atoms with Gasteiger partial charge in [-0.15, -0.1) is 0 Å². The van der Waals surface area contributed by atoms with Gasteiger partial charge in [0.1, 0.15) is 18.2 Å². The highest BCUT2D eigenvalue weighted by molar-refractivity contribution is 5.76. The summed E-state index contributed by atoms with van der Waals surface area (Å²) in [6, 6.07) is 12.8. The van der Waals surface area contributed by atoms with Gasteiger partial charge in [0.25, 0.3) is 0 Å². The highest BCUT2D eigenvalue weighted by Gasteiger charge is 2.31. The van der Waals surface area contributed by atoms with E-state index in [-0.39, 0.29) is 55.5 Å². The Labute approximate surface area is 277 Å². The summed E-state index contributed by atoms with van der Waals surface area (Å²) in [6.07, 6.45) is -1.61. The number of aryl methyl sites for hydroxylation is 1. The number of methoxy groups -OCH3 is 2. The molecule has 1 aromatic heterocycles. The maximum atomic E-state index is 13.8. The summed E-state index contributed by atoms with van der Waals surface area (Å²) in [7, 11) is 3.14. The van der Waals surface area contributed by atoms with E-state index < -0.39 is 24.4 Å². The molecular formula is C36H39F4N3O5. The lowest BCUT2D eigenvalue weighted by atomic mass is 9.90. The van der Waals surface area contributed by atoms with E-state index in [1.165, 1.54) is 18.5 Å². The van der Waals surface area contributed by atoms with E-state index in [1.54, 1.807) is 19.1 Å². The zero-order chi connectivity index (χ0) is 35.0. The molecule has 0 aliphatic carbocycles. The number of alkyl halides is 4. The Kier molecular flexibility index (Phi) is 11.9. The molecule has 12 heteroatoms. The molecule has 0 saturated heterocycles. The minimum Gasteiger partial charge on any atom is -0.497 e. The minimum atomic E-state index is -4.67. The van der Waals surface area contributed by atoms with Crippen molar-refractivity contribution in [2.45, 2.75) is 65.5 Å². The van der Waals surface area contributed by atoms with Crippen molar-refractivity contribution in [2.75, 3.05) is 25.7 Å². The highest BCUT2D eigenvalue weighted by Crippen LogP contribution is 2.39. The van der Waals surface area contributed by atoms with Gasteiger partial charge in [-0.05, 0) is 89.0 Å². The van der Waals surface area contributed by atoms with Crippen LogP contribution in [0, 0.1) is 6.92 Å². The second kappa shape index (κ2) is 15.8. The number of carboxylic acid groups (broad SMARTS) is 1. The molecular weight excluding hydrogens is 630 g/mol. The summed E-state index contributed by atoms with van der Waals surface area (Å²) in [5, 5.41) is 8.87. The predicted molar refractivity (Wildman–Crippen MR) is 174 cm³/mol. The molecule has 3 aromatic carbocycles. The van der Waals surface area contributed by atoms with Crippen LogP contribution >= 0.6 is 0 Å². The Morgan fingerprint density at radius 1 is 0.917 bits per heavy atom. The van der Waals surface area contributed by atoms with E-state index in [1.807, 2.05) is 31.2 Å². The third-order valence-corrected chi connectivity index (χ3v) is 7.78. The fourth-order valence-corrected chi connectivity index (χ4v) is 5.47. The van der Waals surface area contributed by atoms with Crippen molar-refractivity contribution in [2.24, 2.45) is 0 Å². The highest BCUT2D eigenvalue weighted by atomic mass is 19.4. The number of rotatable bonds is 15. The number of hydrogen-bond acceptors (Lipinski definition) is 7. The normalized spacial score (nSPS) is 11.5. The van der Waals surface area contributed by atoms with Crippen LogP contribution in [0.4, 0.5) is 23.5 Å². The summed E-state index contributed by atoms with van der Waals surface area (Å²) in [5.74, 6) is 0.994. The zero-order valence-electron chi connectivity index (χ0n) is 27.5. The summed E-state index contributed by atoms with van der Waals surface area (Å²) in [6.45, 7) is 5.34. The Bertz CT molecular complexity index is 1710. The molecule has 0 unspecified atom stereocenters. The number of carbonyl (C=O) groups is 1. The number of benzene rings is 3. The molecule has 1 N–H and O–H groups in total. The number of ether oxygens (including phenoxy) is 3. The maximum Gasteiger partial charge on any atom is 0.416 e. The molecule has 8 nitrogen and oxygen atoms in total. The van der Waals surface area contributed by atoms with Crippen LogP contribution < -0.4 is 19.1 Å². The topological polar surface area (TPSA) is 94.0 Å². The monoisotopic (exact) mass is 669 g/mol. The molecule has 0 aliphatic rings. The molecule has 0 spiro atoms. The second-order valence-corrected chi connectivity index (χ2v) is 11.7. The molecule has 0 atom stereocenters. The average Bonchev–Trinajstić information content (AvgIpc) is 3.05. The number of aromatic nitrogens is 2. The third kappa shape index (κ3) is 9.14. The summed E-state index contributed by atoms with van der Waals surface area (Å²) in [5.41, 5.74) is 3.77. The van der Waals surface area contributed by atoms with Crippen LogP contribution in [0.3, 0.4) is 0 Å². The van der Waals surface area contributed by atoms with Gasteiger partial charge in [-0.25, -0.2) is 14.4 Å². The average molecular weight is 670 g/mol. The van der Waals surface area contributed by atoms with Crippen LogP contribution in [0.15, 0.2) is 60.9 Å². The van der Waals surface area contributed by atoms with Crippen molar-refractivity contribution in [1.82, 2.24) is 9.97 Å². The van der Waals surface area contributed by atoms with Crippen LogP contribution in [-0.2, 0) is 30.7 Å². The minimum absolute atomic E-state index is 0.0577. The summed E-state index contributed by atoms with van der Waals surface area (Å²) in [4.78, 5) is 21.4. The molecule has 0 amide bonds. The van der Waals surface area contributed by atoms with Gasteiger partial charge in [0, 0.05) is 25.1 Å². The van der Waals surface area contributed by atoms with Crippen LogP contribution in [-0.4, -0.2) is 41.9 Å². The fourth-order valence-electron chi connectivity index (χ4n) is 5.47. The van der Waals surface area contributed by atoms with Crippen LogP contribution in [0.2, 0.25) is 0 Å². The standard InChI is InChI=1S/C36H39F4N3O5/c1-22(2)31-16-32(33(47-5)11-23(31)3)30-9-8-28(46-4)15-26(30)21-43(20-25-12-24(17-37)13-27(14-25)36(38,39)40)35-41-18-29(19-42-35)48-10-6-7-34(44)45/h8-9,11-16,18-19,22H,6-7,10,17,20-21H2,1-5H3,(H,44,45). The number of hydrogen-bond donors (Lipinski definition) is 1. The molecule has 256 valence electrons. The van der Waals surface area contributed by atoms with Crippen molar-refractivity contribution < 1.29 is 41.7 Å². The molecule has 4 aromatic rings. The Balaban J connectivity index is 1.81. The van der Waals surface area contributed by atoms with Gasteiger partial charge in [-0.1, -0.05) is 26.0 Å². The molecule has 0 fully saturated rings. The van der Waals surface area contributed by atoms with Gasteiger partial charge in [0.15, 0.2) is 5.75 Å². The number of anilines is 1. The van der Waals surface area contributed by atoms with E-state index in [0.717, 1.165) is 39.9 Å². The first-order valence-electron chi connectivity index (χ1n) is 15.4. The number of halogens is 4. The maximum absolute atomic E-state index is 13.8. The van der Waals surface area contributed by atoms with E-state index in [2.05, 4.69) is 29.9 Å². The first kappa shape index (κ1) is 36.0. The Morgan fingerprint density at radius 2 is 1.62 bits per heavy atom. The van der Waals surface area contributed by atoms with Gasteiger partial charge in [-0.3, -0.25) is 4.79 Å². The van der Waals surface area contributed by atoms with Crippen molar-refractivity contribution in [3.8, 4) is 28.4 Å². The lowest BCUT2D eigenvalue weighted by Gasteiger charge is -2.26. The first-order valence-corrected chi connectivity index (χ1v) is 15.4. The molecule has 4 rings (SSSR count). The number of nitrogens with zero attached hydrogens (tertiary/aromatic N) is 3. The van der Waals surface area contributed by atoms with Crippen molar-refractivity contribution in [3.05, 3.63) is 94.3 Å². The van der Waals surface area contributed by atoms with Gasteiger partial charge < -0.3 is 24.2 Å². The van der Waals surface area contributed by atoms with Crippen LogP contribution in [0.1, 0.15) is 66.0 Å².